The molecule has 0 rings (SSSR count). The molecule has 0 saturated heterocycles. The lowest BCUT2D eigenvalue weighted by molar-refractivity contribution is -0.412. The van der Waals surface area contributed by atoms with E-state index < -0.39 is 11.9 Å². The second-order valence-electron chi connectivity index (χ2n) is 5.69. The van der Waals surface area contributed by atoms with Crippen molar-refractivity contribution in [2.75, 3.05) is 63.4 Å². The summed E-state index contributed by atoms with van der Waals surface area (Å²) in [5.74, 6) is 0.767. The normalized spacial score (nSPS) is 11.8. The third kappa shape index (κ3) is 32.2. The van der Waals surface area contributed by atoms with Gasteiger partial charge in [-0.1, -0.05) is 21.6 Å². The summed E-state index contributed by atoms with van der Waals surface area (Å²) < 4.78 is 15.4. The van der Waals surface area contributed by atoms with Gasteiger partial charge in [-0.2, -0.15) is 11.8 Å². The number of hydrogen-bond acceptors (Lipinski definition) is 10. The van der Waals surface area contributed by atoms with Crippen molar-refractivity contribution < 1.29 is 39.7 Å². The molecule has 0 aliphatic rings. The second kappa shape index (κ2) is 26.6. The predicted octanol–water partition coefficient (Wildman–Crippen LogP) is 0.0729. The molecule has 0 radical (unpaired) electrons. The molecule has 0 saturated carbocycles. The average Bonchev–Trinajstić information content (AvgIpc) is 2.71. The number of carbonyl (C=O) groups excluding carboxylic acids is 1. The van der Waals surface area contributed by atoms with Crippen LogP contribution in [0.1, 0.15) is 19.8 Å². The SMILES string of the molecule is CCOCOCOCCNCCCSSCC([NH3+])CCSC.O=C([O-])/C=C/C(=O)O. The number of hydrogen-bond donors (Lipinski definition) is 3. The summed E-state index contributed by atoms with van der Waals surface area (Å²) in [6.45, 7) is 5.80. The average molecular weight is 489 g/mol. The highest BCUT2D eigenvalue weighted by atomic mass is 33.1. The van der Waals surface area contributed by atoms with Crippen molar-refractivity contribution in [1.82, 2.24) is 5.32 Å². The molecule has 0 aromatic carbocycles. The molecule has 1 atom stereocenters. The molecule has 0 heterocycles. The van der Waals surface area contributed by atoms with Gasteiger partial charge in [0.15, 0.2) is 0 Å². The fourth-order valence-electron chi connectivity index (χ4n) is 1.53. The maximum absolute atomic E-state index is 9.53. The minimum Gasteiger partial charge on any atom is -0.545 e. The summed E-state index contributed by atoms with van der Waals surface area (Å²) in [6.07, 6.45) is 5.51. The van der Waals surface area contributed by atoms with Crippen LogP contribution in [0.4, 0.5) is 0 Å². The summed E-state index contributed by atoms with van der Waals surface area (Å²) in [4.78, 5) is 19.0. The van der Waals surface area contributed by atoms with Crippen LogP contribution in [0, 0.1) is 0 Å². The molecule has 0 aromatic heterocycles. The van der Waals surface area contributed by atoms with Gasteiger partial charge in [0.1, 0.15) is 13.6 Å². The third-order valence-corrected chi connectivity index (χ3v) is 6.30. The van der Waals surface area contributed by atoms with Gasteiger partial charge in [-0.3, -0.25) is 0 Å². The molecule has 5 N–H and O–H groups in total. The highest BCUT2D eigenvalue weighted by molar-refractivity contribution is 8.76. The molecule has 0 spiro atoms. The Morgan fingerprint density at radius 1 is 1.13 bits per heavy atom. The number of rotatable bonds is 20. The molecule has 1 unspecified atom stereocenters. The highest BCUT2D eigenvalue weighted by Gasteiger charge is 2.05. The first kappa shape index (κ1) is 31.7. The van der Waals surface area contributed by atoms with E-state index in [9.17, 15) is 14.7 Å². The van der Waals surface area contributed by atoms with Crippen LogP contribution in [-0.2, 0) is 23.8 Å². The van der Waals surface area contributed by atoms with Gasteiger partial charge in [-0.15, -0.1) is 0 Å². The molecule has 0 aliphatic carbocycles. The van der Waals surface area contributed by atoms with Crippen molar-refractivity contribution >= 4 is 45.3 Å². The van der Waals surface area contributed by atoms with Gasteiger partial charge in [0.05, 0.1) is 24.4 Å². The van der Waals surface area contributed by atoms with Crippen LogP contribution in [-0.4, -0.2) is 86.5 Å². The Bertz CT molecular complexity index is 417. The summed E-state index contributed by atoms with van der Waals surface area (Å²) in [7, 11) is 3.92. The minimum atomic E-state index is -1.51. The van der Waals surface area contributed by atoms with Gasteiger partial charge >= 0.3 is 5.97 Å². The van der Waals surface area contributed by atoms with E-state index in [0.29, 0.717) is 45.0 Å². The van der Waals surface area contributed by atoms with Crippen LogP contribution in [0.3, 0.4) is 0 Å². The molecule has 0 amide bonds. The van der Waals surface area contributed by atoms with Crippen LogP contribution < -0.4 is 16.2 Å². The van der Waals surface area contributed by atoms with Crippen LogP contribution >= 0.6 is 33.3 Å². The van der Waals surface area contributed by atoms with Crippen molar-refractivity contribution in [2.45, 2.75) is 25.8 Å². The number of thioether (sulfide) groups is 1. The van der Waals surface area contributed by atoms with Crippen molar-refractivity contribution in [1.29, 1.82) is 0 Å². The molecule has 0 aromatic rings. The summed E-state index contributed by atoms with van der Waals surface area (Å²) in [5, 5.41) is 20.6. The zero-order chi connectivity index (χ0) is 22.9. The van der Waals surface area contributed by atoms with E-state index in [1.165, 1.54) is 24.3 Å². The lowest BCUT2D eigenvalue weighted by atomic mass is 10.3. The van der Waals surface area contributed by atoms with Crippen molar-refractivity contribution in [2.24, 2.45) is 0 Å². The van der Waals surface area contributed by atoms with Crippen molar-refractivity contribution in [3.63, 3.8) is 0 Å². The number of nitrogens with one attached hydrogen (secondary N) is 1. The fraction of sp³-hybridized carbons (Fsp3) is 0.778. The predicted molar refractivity (Wildman–Crippen MR) is 122 cm³/mol. The molecule has 0 bridgehead atoms. The Morgan fingerprint density at radius 2 is 1.87 bits per heavy atom. The topological polar surface area (TPSA) is 145 Å². The number of aliphatic carboxylic acids is 2. The zero-order valence-corrected chi connectivity index (χ0v) is 20.3. The lowest BCUT2D eigenvalue weighted by Gasteiger charge is -2.08. The molecule has 0 fully saturated rings. The first-order chi connectivity index (χ1) is 14.4. The minimum absolute atomic E-state index is 0.303. The fourth-order valence-corrected chi connectivity index (χ4v) is 4.51. The maximum Gasteiger partial charge on any atom is 0.328 e. The lowest BCUT2D eigenvalue weighted by Crippen LogP contribution is -2.62. The van der Waals surface area contributed by atoms with Crippen LogP contribution in [0.2, 0.25) is 0 Å². The molecule has 12 heteroatoms. The Hall–Kier alpha value is -0.470. The molecule has 0 aliphatic heterocycles. The number of carboxylic acid groups (broad SMARTS) is 2. The van der Waals surface area contributed by atoms with Crippen LogP contribution in [0.15, 0.2) is 12.2 Å². The largest absolute Gasteiger partial charge is 0.545 e. The van der Waals surface area contributed by atoms with Gasteiger partial charge in [0.25, 0.3) is 0 Å². The van der Waals surface area contributed by atoms with Gasteiger partial charge in [-0.25, -0.2) is 4.79 Å². The number of quaternary nitrogens is 1. The van der Waals surface area contributed by atoms with E-state index in [1.54, 1.807) is 0 Å². The van der Waals surface area contributed by atoms with Gasteiger partial charge in [-0.05, 0) is 38.0 Å². The van der Waals surface area contributed by atoms with Crippen LogP contribution in [0.25, 0.3) is 0 Å². The van der Waals surface area contributed by atoms with E-state index in [1.807, 2.05) is 40.3 Å². The molecular weight excluding hydrogens is 452 g/mol. The first-order valence-electron chi connectivity index (χ1n) is 9.56. The summed E-state index contributed by atoms with van der Waals surface area (Å²) in [5.41, 5.74) is 4.18. The number of ether oxygens (including phenoxy) is 3. The first-order valence-corrected chi connectivity index (χ1v) is 13.4. The van der Waals surface area contributed by atoms with Gasteiger partial charge < -0.3 is 40.3 Å². The smallest absolute Gasteiger partial charge is 0.328 e. The van der Waals surface area contributed by atoms with E-state index in [-0.39, 0.29) is 0 Å². The molecule has 178 valence electrons. The maximum atomic E-state index is 9.53. The van der Waals surface area contributed by atoms with E-state index >= 15 is 0 Å². The number of carbonyl (C=O) groups is 2. The van der Waals surface area contributed by atoms with Crippen molar-refractivity contribution in [3.05, 3.63) is 12.2 Å². The summed E-state index contributed by atoms with van der Waals surface area (Å²) >= 11 is 1.90. The van der Waals surface area contributed by atoms with E-state index in [4.69, 9.17) is 19.3 Å². The molecule has 30 heavy (non-hydrogen) atoms. The Kier molecular flexibility index (Phi) is 28.1. The molecular formula is C18H36N2O7S3. The second-order valence-corrected chi connectivity index (χ2v) is 9.30. The Balaban J connectivity index is 0. The van der Waals surface area contributed by atoms with E-state index in [2.05, 4.69) is 17.3 Å². The third-order valence-electron chi connectivity index (χ3n) is 3.02. The standard InChI is InChI=1S/C14H32N2O3S3.C4H4O4/c1-3-17-12-19-13-18-8-7-16-6-4-9-21-22-11-14(15)5-10-20-2;5-3(6)1-2-4(7)8/h14,16H,3-13,15H2,1-2H3;1-2H,(H,5,6)(H,7,8)/b;2-1+. The summed E-state index contributed by atoms with van der Waals surface area (Å²) in [6, 6.07) is 0.588. The van der Waals surface area contributed by atoms with Crippen molar-refractivity contribution in [3.8, 4) is 0 Å². The quantitative estimate of drug-likeness (QED) is 0.0926. The van der Waals surface area contributed by atoms with E-state index in [0.717, 1.165) is 18.8 Å². The Morgan fingerprint density at radius 3 is 2.47 bits per heavy atom. The molecule has 9 nitrogen and oxygen atoms in total. The van der Waals surface area contributed by atoms with Gasteiger partial charge in [0.2, 0.25) is 0 Å². The monoisotopic (exact) mass is 488 g/mol. The number of carboxylic acids is 2. The highest BCUT2D eigenvalue weighted by Crippen LogP contribution is 2.22. The van der Waals surface area contributed by atoms with Crippen LogP contribution in [0.5, 0.6) is 0 Å². The Labute approximate surface area is 191 Å². The zero-order valence-electron chi connectivity index (χ0n) is 17.8. The van der Waals surface area contributed by atoms with Gasteiger partial charge in [0, 0.05) is 31.4 Å².